The van der Waals surface area contributed by atoms with Gasteiger partial charge in [0, 0.05) is 5.69 Å². The van der Waals surface area contributed by atoms with Crippen molar-refractivity contribution in [2.24, 2.45) is 0 Å². The van der Waals surface area contributed by atoms with Crippen LogP contribution < -0.4 is 5.32 Å². The minimum atomic E-state index is -2.71. The fraction of sp³-hybridized carbons (Fsp3) is 0.267. The lowest BCUT2D eigenvalue weighted by Crippen LogP contribution is -2.03. The van der Waals surface area contributed by atoms with Crippen LogP contribution in [-0.2, 0) is 12.8 Å². The molecule has 0 unspecified atom stereocenters. The van der Waals surface area contributed by atoms with Crippen molar-refractivity contribution in [3.05, 3.63) is 47.3 Å². The van der Waals surface area contributed by atoms with E-state index in [1.807, 2.05) is 6.07 Å². The van der Waals surface area contributed by atoms with Gasteiger partial charge in [0.05, 0.1) is 0 Å². The Bertz CT molecular complexity index is 843. The second kappa shape index (κ2) is 5.01. The van der Waals surface area contributed by atoms with Crippen LogP contribution in [0.5, 0.6) is 0 Å². The molecule has 2 heterocycles. The topological polar surface area (TPSA) is 55.1 Å². The van der Waals surface area contributed by atoms with Crippen LogP contribution >= 0.6 is 0 Å². The highest BCUT2D eigenvalue weighted by Crippen LogP contribution is 2.26. The van der Waals surface area contributed by atoms with Crippen molar-refractivity contribution in [3.8, 4) is 0 Å². The minimum absolute atomic E-state index is 0.301. The van der Waals surface area contributed by atoms with E-state index in [4.69, 9.17) is 0 Å². The molecule has 1 aromatic carbocycles. The summed E-state index contributed by atoms with van der Waals surface area (Å²) in [6.07, 6.45) is 0.676. The van der Waals surface area contributed by atoms with E-state index >= 15 is 0 Å². The third kappa shape index (κ3) is 2.18. The van der Waals surface area contributed by atoms with E-state index in [-0.39, 0.29) is 0 Å². The molecule has 0 saturated heterocycles. The van der Waals surface area contributed by atoms with Crippen LogP contribution in [0.1, 0.15) is 29.8 Å². The van der Waals surface area contributed by atoms with Crippen LogP contribution in [0.2, 0.25) is 0 Å². The first-order valence-electron chi connectivity index (χ1n) is 7.10. The molecular formula is C15H13F2N5. The van der Waals surface area contributed by atoms with E-state index in [1.165, 1.54) is 17.5 Å². The largest absolute Gasteiger partial charge is 0.339 e. The number of nitrogens with one attached hydrogen (secondary N) is 1. The standard InChI is InChI=1S/C15H13F2N5/c16-14(17)15-20-19-13-7-6-12(21-22(13)15)18-11-5-4-9-2-1-3-10(9)8-11/h4-8,14H,1-3H2,(H,18,21). The Morgan fingerprint density at radius 1 is 1.05 bits per heavy atom. The second-order valence-corrected chi connectivity index (χ2v) is 5.31. The highest BCUT2D eigenvalue weighted by molar-refractivity contribution is 5.59. The zero-order valence-electron chi connectivity index (χ0n) is 11.6. The number of hydrogen-bond donors (Lipinski definition) is 1. The molecule has 22 heavy (non-hydrogen) atoms. The predicted molar refractivity (Wildman–Crippen MR) is 77.5 cm³/mol. The highest BCUT2D eigenvalue weighted by atomic mass is 19.3. The first-order chi connectivity index (χ1) is 10.7. The number of hydrogen-bond acceptors (Lipinski definition) is 4. The van der Waals surface area contributed by atoms with Gasteiger partial charge in [-0.25, -0.2) is 8.78 Å². The van der Waals surface area contributed by atoms with Crippen molar-refractivity contribution >= 4 is 17.2 Å². The summed E-state index contributed by atoms with van der Waals surface area (Å²) in [5.41, 5.74) is 3.92. The summed E-state index contributed by atoms with van der Waals surface area (Å²) in [7, 11) is 0. The number of halogens is 2. The monoisotopic (exact) mass is 301 g/mol. The lowest BCUT2D eigenvalue weighted by molar-refractivity contribution is 0.137. The van der Waals surface area contributed by atoms with Gasteiger partial charge >= 0.3 is 0 Å². The van der Waals surface area contributed by atoms with E-state index < -0.39 is 12.2 Å². The maximum atomic E-state index is 12.9. The number of aryl methyl sites for hydroxylation is 2. The molecule has 1 aliphatic rings. The van der Waals surface area contributed by atoms with Crippen LogP contribution in [0.25, 0.3) is 5.65 Å². The molecule has 112 valence electrons. The molecule has 3 aromatic rings. The Balaban J connectivity index is 1.68. The lowest BCUT2D eigenvalue weighted by atomic mass is 10.1. The molecule has 1 N–H and O–H groups in total. The number of fused-ring (bicyclic) bond motifs is 2. The van der Waals surface area contributed by atoms with Crippen molar-refractivity contribution in [2.45, 2.75) is 25.7 Å². The van der Waals surface area contributed by atoms with Gasteiger partial charge in [0.25, 0.3) is 6.43 Å². The number of benzene rings is 1. The van der Waals surface area contributed by atoms with Gasteiger partial charge in [-0.3, -0.25) is 0 Å². The molecule has 4 rings (SSSR count). The van der Waals surface area contributed by atoms with Crippen molar-refractivity contribution in [1.29, 1.82) is 0 Å². The molecule has 0 amide bonds. The van der Waals surface area contributed by atoms with E-state index in [2.05, 4.69) is 32.7 Å². The molecule has 0 atom stereocenters. The molecule has 0 aliphatic heterocycles. The first kappa shape index (κ1) is 13.1. The summed E-state index contributed by atoms with van der Waals surface area (Å²) in [4.78, 5) is 0. The average molecular weight is 301 g/mol. The molecule has 7 heteroatoms. The minimum Gasteiger partial charge on any atom is -0.339 e. The van der Waals surface area contributed by atoms with Gasteiger partial charge in [-0.2, -0.15) is 4.52 Å². The third-order valence-corrected chi connectivity index (χ3v) is 3.85. The van der Waals surface area contributed by atoms with Crippen LogP contribution in [0.4, 0.5) is 20.3 Å². The van der Waals surface area contributed by atoms with Crippen LogP contribution in [0.15, 0.2) is 30.3 Å². The average Bonchev–Trinajstić information content (AvgIpc) is 3.12. The Hall–Kier alpha value is -2.57. The Labute approximate surface area is 125 Å². The van der Waals surface area contributed by atoms with E-state index in [0.717, 1.165) is 23.0 Å². The smallest absolute Gasteiger partial charge is 0.299 e. The summed E-state index contributed by atoms with van der Waals surface area (Å²) in [6.45, 7) is 0. The van der Waals surface area contributed by atoms with Crippen molar-refractivity contribution in [2.75, 3.05) is 5.32 Å². The zero-order valence-corrected chi connectivity index (χ0v) is 11.6. The van der Waals surface area contributed by atoms with Crippen molar-refractivity contribution in [3.63, 3.8) is 0 Å². The molecule has 0 radical (unpaired) electrons. The van der Waals surface area contributed by atoms with Gasteiger partial charge in [0.2, 0.25) is 5.82 Å². The van der Waals surface area contributed by atoms with Crippen molar-refractivity contribution in [1.82, 2.24) is 19.8 Å². The molecule has 5 nitrogen and oxygen atoms in total. The fourth-order valence-corrected chi connectivity index (χ4v) is 2.81. The van der Waals surface area contributed by atoms with Crippen LogP contribution in [-0.4, -0.2) is 19.8 Å². The Morgan fingerprint density at radius 3 is 2.77 bits per heavy atom. The molecule has 2 aromatic heterocycles. The Kier molecular flexibility index (Phi) is 2.99. The Morgan fingerprint density at radius 2 is 1.91 bits per heavy atom. The summed E-state index contributed by atoms with van der Waals surface area (Å²) in [5, 5.41) is 14.4. The SMILES string of the molecule is FC(F)c1nnc2ccc(Nc3ccc4c(c3)CCC4)nn12. The van der Waals surface area contributed by atoms with Crippen molar-refractivity contribution < 1.29 is 8.78 Å². The molecule has 1 aliphatic carbocycles. The normalized spacial score (nSPS) is 13.8. The van der Waals surface area contributed by atoms with E-state index in [9.17, 15) is 8.78 Å². The van der Waals surface area contributed by atoms with Gasteiger partial charge in [0.1, 0.15) is 0 Å². The van der Waals surface area contributed by atoms with E-state index in [1.54, 1.807) is 12.1 Å². The van der Waals surface area contributed by atoms with Gasteiger partial charge in [-0.15, -0.1) is 15.3 Å². The number of anilines is 2. The molecule has 0 bridgehead atoms. The number of alkyl halides is 2. The second-order valence-electron chi connectivity index (χ2n) is 5.31. The lowest BCUT2D eigenvalue weighted by Gasteiger charge is -2.08. The quantitative estimate of drug-likeness (QED) is 0.806. The maximum absolute atomic E-state index is 12.9. The van der Waals surface area contributed by atoms with Crippen LogP contribution in [0.3, 0.4) is 0 Å². The predicted octanol–water partition coefficient (Wildman–Crippen LogP) is 3.29. The molecular weight excluding hydrogens is 288 g/mol. The number of aromatic nitrogens is 4. The third-order valence-electron chi connectivity index (χ3n) is 3.85. The summed E-state index contributed by atoms with van der Waals surface area (Å²) < 4.78 is 26.8. The molecule has 0 fully saturated rings. The van der Waals surface area contributed by atoms with Gasteiger partial charge in [-0.1, -0.05) is 6.07 Å². The summed E-state index contributed by atoms with van der Waals surface area (Å²) in [5.74, 6) is 0.0275. The number of rotatable bonds is 3. The van der Waals surface area contributed by atoms with Gasteiger partial charge < -0.3 is 5.32 Å². The first-order valence-corrected chi connectivity index (χ1v) is 7.10. The van der Waals surface area contributed by atoms with E-state index in [0.29, 0.717) is 11.5 Å². The number of nitrogens with zero attached hydrogens (tertiary/aromatic N) is 4. The summed E-state index contributed by atoms with van der Waals surface area (Å²) in [6, 6.07) is 9.49. The van der Waals surface area contributed by atoms with Crippen LogP contribution in [0, 0.1) is 0 Å². The molecule has 0 saturated carbocycles. The fourth-order valence-electron chi connectivity index (χ4n) is 2.81. The highest BCUT2D eigenvalue weighted by Gasteiger charge is 2.17. The van der Waals surface area contributed by atoms with Gasteiger partial charge in [0.15, 0.2) is 11.5 Å². The van der Waals surface area contributed by atoms with Gasteiger partial charge in [-0.05, 0) is 54.7 Å². The summed E-state index contributed by atoms with van der Waals surface area (Å²) >= 11 is 0. The maximum Gasteiger partial charge on any atom is 0.299 e. The molecule has 0 spiro atoms. The zero-order chi connectivity index (χ0) is 15.1.